The van der Waals surface area contributed by atoms with E-state index in [0.29, 0.717) is 24.9 Å². The fourth-order valence-corrected chi connectivity index (χ4v) is 2.81. The second-order valence-corrected chi connectivity index (χ2v) is 7.57. The summed E-state index contributed by atoms with van der Waals surface area (Å²) in [6.07, 6.45) is 12.1. The van der Waals surface area contributed by atoms with Crippen LogP contribution >= 0.6 is 12.6 Å². The molecule has 0 saturated carbocycles. The van der Waals surface area contributed by atoms with Crippen molar-refractivity contribution in [2.75, 3.05) is 32.9 Å². The Balaban J connectivity index is 3.75. The van der Waals surface area contributed by atoms with Gasteiger partial charge < -0.3 is 9.80 Å². The molecule has 1 unspecified atom stereocenters. The Morgan fingerprint density at radius 3 is 2.14 bits per heavy atom. The molecule has 4 heteroatoms. The lowest BCUT2D eigenvalue weighted by atomic mass is 10.0. The van der Waals surface area contributed by atoms with Gasteiger partial charge in [0.05, 0.1) is 20.1 Å². The van der Waals surface area contributed by atoms with E-state index in [2.05, 4.69) is 45.9 Å². The summed E-state index contributed by atoms with van der Waals surface area (Å²) < 4.78 is 0.773. The molecule has 0 saturated heterocycles. The van der Waals surface area contributed by atoms with Crippen molar-refractivity contribution in [3.63, 3.8) is 0 Å². The Labute approximate surface area is 144 Å². The van der Waals surface area contributed by atoms with Crippen molar-refractivity contribution in [1.29, 1.82) is 0 Å². The SMILES string of the molecule is CCCCCCCCCCC(C)[N+](C)(C)CC(=O)NCCS. The molecule has 0 heterocycles. The van der Waals surface area contributed by atoms with E-state index in [1.165, 1.54) is 57.8 Å². The van der Waals surface area contributed by atoms with E-state index in [-0.39, 0.29) is 5.91 Å². The van der Waals surface area contributed by atoms with Gasteiger partial charge in [-0.15, -0.1) is 0 Å². The third kappa shape index (κ3) is 11.4. The highest BCUT2D eigenvalue weighted by Gasteiger charge is 2.26. The zero-order chi connectivity index (χ0) is 16.8. The van der Waals surface area contributed by atoms with Crippen molar-refractivity contribution >= 4 is 18.5 Å². The Bertz CT molecular complexity index is 282. The summed E-state index contributed by atoms with van der Waals surface area (Å²) in [7, 11) is 4.32. The molecule has 0 aliphatic carbocycles. The molecule has 0 aromatic carbocycles. The third-order valence-electron chi connectivity index (χ3n) is 4.65. The first-order valence-electron chi connectivity index (χ1n) is 9.14. The fourth-order valence-electron chi connectivity index (χ4n) is 2.70. The molecule has 0 bridgehead atoms. The Kier molecular flexibility index (Phi) is 13.1. The lowest BCUT2D eigenvalue weighted by molar-refractivity contribution is -0.906. The number of nitrogens with one attached hydrogen (secondary N) is 1. The minimum Gasteiger partial charge on any atom is -0.350 e. The molecule has 0 radical (unpaired) electrons. The lowest BCUT2D eigenvalue weighted by Gasteiger charge is -2.35. The molecule has 132 valence electrons. The van der Waals surface area contributed by atoms with Gasteiger partial charge in [-0.1, -0.05) is 51.9 Å². The van der Waals surface area contributed by atoms with Crippen LogP contribution in [0.1, 0.15) is 71.6 Å². The minimum atomic E-state index is 0.141. The van der Waals surface area contributed by atoms with Gasteiger partial charge in [0.15, 0.2) is 6.54 Å². The summed E-state index contributed by atoms with van der Waals surface area (Å²) >= 11 is 4.12. The molecule has 0 aromatic heterocycles. The number of thiol groups is 1. The van der Waals surface area contributed by atoms with Crippen molar-refractivity contribution in [1.82, 2.24) is 5.32 Å². The van der Waals surface area contributed by atoms with Gasteiger partial charge in [-0.25, -0.2) is 0 Å². The van der Waals surface area contributed by atoms with Crippen molar-refractivity contribution in [3.05, 3.63) is 0 Å². The van der Waals surface area contributed by atoms with Gasteiger partial charge in [0.25, 0.3) is 5.91 Å². The number of hydrogen-bond donors (Lipinski definition) is 2. The van der Waals surface area contributed by atoms with E-state index in [1.807, 2.05) is 0 Å². The second-order valence-electron chi connectivity index (χ2n) is 7.12. The molecule has 1 N–H and O–H groups in total. The van der Waals surface area contributed by atoms with Crippen LogP contribution in [0.25, 0.3) is 0 Å². The quantitative estimate of drug-likeness (QED) is 0.281. The van der Waals surface area contributed by atoms with Crippen LogP contribution in [0.5, 0.6) is 0 Å². The van der Waals surface area contributed by atoms with Crippen LogP contribution in [-0.4, -0.2) is 49.4 Å². The molecular weight excluding hydrogens is 292 g/mol. The van der Waals surface area contributed by atoms with Gasteiger partial charge in [-0.2, -0.15) is 12.6 Å². The van der Waals surface area contributed by atoms with Gasteiger partial charge in [-0.3, -0.25) is 4.79 Å². The maximum atomic E-state index is 11.9. The van der Waals surface area contributed by atoms with Crippen molar-refractivity contribution in [2.24, 2.45) is 0 Å². The molecule has 0 spiro atoms. The molecule has 1 atom stereocenters. The van der Waals surface area contributed by atoms with E-state index in [0.717, 1.165) is 4.48 Å². The number of quaternary nitrogens is 1. The number of rotatable bonds is 14. The van der Waals surface area contributed by atoms with Crippen molar-refractivity contribution < 1.29 is 9.28 Å². The highest BCUT2D eigenvalue weighted by Crippen LogP contribution is 2.15. The topological polar surface area (TPSA) is 29.1 Å². The number of carbonyl (C=O) groups excluding carboxylic acids is 1. The molecule has 0 aromatic rings. The zero-order valence-corrected chi connectivity index (χ0v) is 16.3. The van der Waals surface area contributed by atoms with Crippen molar-refractivity contribution in [2.45, 2.75) is 77.7 Å². The highest BCUT2D eigenvalue weighted by molar-refractivity contribution is 7.80. The van der Waals surface area contributed by atoms with Crippen LogP contribution in [-0.2, 0) is 4.79 Å². The van der Waals surface area contributed by atoms with Crippen LogP contribution in [0, 0.1) is 0 Å². The summed E-state index contributed by atoms with van der Waals surface area (Å²) in [6.45, 7) is 5.76. The molecule has 1 amide bonds. The molecule has 0 aliphatic heterocycles. The number of hydrogen-bond acceptors (Lipinski definition) is 2. The summed E-state index contributed by atoms with van der Waals surface area (Å²) in [4.78, 5) is 11.9. The van der Waals surface area contributed by atoms with Gasteiger partial charge in [0, 0.05) is 12.3 Å². The first-order valence-corrected chi connectivity index (χ1v) is 9.77. The molecule has 3 nitrogen and oxygen atoms in total. The molecule has 22 heavy (non-hydrogen) atoms. The van der Waals surface area contributed by atoms with Crippen molar-refractivity contribution in [3.8, 4) is 0 Å². The molecular formula is C18H39N2OS+. The summed E-state index contributed by atoms with van der Waals surface area (Å²) in [5.41, 5.74) is 0. The van der Waals surface area contributed by atoms with Gasteiger partial charge in [0.2, 0.25) is 0 Å². The highest BCUT2D eigenvalue weighted by atomic mass is 32.1. The van der Waals surface area contributed by atoms with Crippen LogP contribution in [0.3, 0.4) is 0 Å². The van der Waals surface area contributed by atoms with Gasteiger partial charge in [-0.05, 0) is 19.8 Å². The Morgan fingerprint density at radius 1 is 1.05 bits per heavy atom. The standard InChI is InChI=1S/C18H38N2OS/c1-5-6-7-8-9-10-11-12-13-17(2)20(3,4)16-18(21)19-14-15-22/h17H,5-16H2,1-4H3,(H-,19,21,22)/p+1. The van der Waals surface area contributed by atoms with E-state index in [9.17, 15) is 4.79 Å². The first-order chi connectivity index (χ1) is 10.4. The number of amides is 1. The number of nitrogens with zero attached hydrogens (tertiary/aromatic N) is 1. The van der Waals surface area contributed by atoms with E-state index in [1.54, 1.807) is 0 Å². The van der Waals surface area contributed by atoms with E-state index < -0.39 is 0 Å². The first kappa shape index (κ1) is 21.8. The molecule has 0 fully saturated rings. The smallest absolute Gasteiger partial charge is 0.275 e. The van der Waals surface area contributed by atoms with Crippen LogP contribution in [0.4, 0.5) is 0 Å². The van der Waals surface area contributed by atoms with E-state index in [4.69, 9.17) is 0 Å². The van der Waals surface area contributed by atoms with Gasteiger partial charge >= 0.3 is 0 Å². The third-order valence-corrected chi connectivity index (χ3v) is 4.88. The van der Waals surface area contributed by atoms with E-state index >= 15 is 0 Å². The monoisotopic (exact) mass is 331 g/mol. The largest absolute Gasteiger partial charge is 0.350 e. The van der Waals surface area contributed by atoms with Crippen LogP contribution in [0.15, 0.2) is 0 Å². The van der Waals surface area contributed by atoms with Crippen LogP contribution < -0.4 is 5.32 Å². The van der Waals surface area contributed by atoms with Gasteiger partial charge in [0.1, 0.15) is 0 Å². The second kappa shape index (κ2) is 13.2. The lowest BCUT2D eigenvalue weighted by Crippen LogP contribution is -2.52. The van der Waals surface area contributed by atoms with Crippen LogP contribution in [0.2, 0.25) is 0 Å². The maximum Gasteiger partial charge on any atom is 0.275 e. The average Bonchev–Trinajstić information content (AvgIpc) is 2.47. The number of carbonyl (C=O) groups is 1. The predicted octanol–water partition coefficient (Wildman–Crippen LogP) is 4.03. The molecule has 0 aliphatic rings. The normalized spacial score (nSPS) is 13.1. The maximum absolute atomic E-state index is 11.9. The number of unbranched alkanes of at least 4 members (excludes halogenated alkanes) is 7. The Morgan fingerprint density at radius 2 is 1.59 bits per heavy atom. The fraction of sp³-hybridized carbons (Fsp3) is 0.944. The summed E-state index contributed by atoms with van der Waals surface area (Å²) in [5.74, 6) is 0.842. The zero-order valence-electron chi connectivity index (χ0n) is 15.4. The molecule has 0 rings (SSSR count). The summed E-state index contributed by atoms with van der Waals surface area (Å²) in [6, 6.07) is 0.529. The minimum absolute atomic E-state index is 0.141. The summed E-state index contributed by atoms with van der Waals surface area (Å²) in [5, 5.41) is 2.91. The number of likely N-dealkylation sites (N-methyl/N-ethyl adjacent to an activating group) is 1. The Hall–Kier alpha value is -0.220. The predicted molar refractivity (Wildman–Crippen MR) is 101 cm³/mol. The average molecular weight is 332 g/mol.